The largest absolute Gasteiger partial charge is 0.497 e. The van der Waals surface area contributed by atoms with Crippen molar-refractivity contribution < 1.29 is 9.53 Å². The monoisotopic (exact) mass is 301 g/mol. The molecule has 116 valence electrons. The molecule has 0 radical (unpaired) electrons. The summed E-state index contributed by atoms with van der Waals surface area (Å²) in [4.78, 5) is 14.1. The van der Waals surface area contributed by atoms with Crippen molar-refractivity contribution in [3.63, 3.8) is 0 Å². The third-order valence-electron chi connectivity index (χ3n) is 3.91. The quantitative estimate of drug-likeness (QED) is 0.943. The predicted octanol–water partition coefficient (Wildman–Crippen LogP) is 2.16. The molecule has 7 nitrogen and oxygen atoms in total. The number of hydrogen-bond acceptors (Lipinski definition) is 4. The van der Waals surface area contributed by atoms with Gasteiger partial charge in [-0.3, -0.25) is 0 Å². The number of nitrogens with zero attached hydrogens (tertiary/aromatic N) is 4. The van der Waals surface area contributed by atoms with E-state index in [9.17, 15) is 4.79 Å². The van der Waals surface area contributed by atoms with Crippen LogP contribution in [-0.4, -0.2) is 46.1 Å². The smallest absolute Gasteiger partial charge is 0.321 e. The van der Waals surface area contributed by atoms with Gasteiger partial charge in [-0.25, -0.2) is 9.48 Å². The van der Waals surface area contributed by atoms with Crippen LogP contribution in [0.25, 0.3) is 0 Å². The van der Waals surface area contributed by atoms with E-state index in [0.717, 1.165) is 24.3 Å². The fourth-order valence-electron chi connectivity index (χ4n) is 2.62. The van der Waals surface area contributed by atoms with Gasteiger partial charge in [-0.15, -0.1) is 5.10 Å². The van der Waals surface area contributed by atoms with Gasteiger partial charge in [0.25, 0.3) is 0 Å². The summed E-state index contributed by atoms with van der Waals surface area (Å²) in [5, 5.41) is 10.8. The van der Waals surface area contributed by atoms with Crippen LogP contribution in [0.1, 0.15) is 18.9 Å². The van der Waals surface area contributed by atoms with Crippen LogP contribution in [0.4, 0.5) is 10.5 Å². The summed E-state index contributed by atoms with van der Waals surface area (Å²) in [7, 11) is 1.62. The van der Waals surface area contributed by atoms with E-state index in [1.807, 2.05) is 40.0 Å². The lowest BCUT2D eigenvalue weighted by atomic mass is 10.1. The van der Waals surface area contributed by atoms with E-state index in [2.05, 4.69) is 15.6 Å². The average molecular weight is 301 g/mol. The first kappa shape index (κ1) is 14.4. The second-order valence-corrected chi connectivity index (χ2v) is 5.26. The Morgan fingerprint density at radius 1 is 1.27 bits per heavy atom. The zero-order valence-corrected chi connectivity index (χ0v) is 12.5. The van der Waals surface area contributed by atoms with Crippen molar-refractivity contribution >= 4 is 11.7 Å². The number of likely N-dealkylation sites (tertiary alicyclic amines) is 1. The SMILES string of the molecule is COc1ccc(NC(=O)N2CCC(n3ccnn3)CC2)cc1. The maximum atomic E-state index is 12.3. The molecule has 22 heavy (non-hydrogen) atoms. The zero-order valence-electron chi connectivity index (χ0n) is 12.5. The topological polar surface area (TPSA) is 72.3 Å². The van der Waals surface area contributed by atoms with E-state index < -0.39 is 0 Å². The van der Waals surface area contributed by atoms with Crippen LogP contribution in [0.3, 0.4) is 0 Å². The first-order valence-corrected chi connectivity index (χ1v) is 7.32. The molecule has 0 bridgehead atoms. The number of benzene rings is 1. The van der Waals surface area contributed by atoms with Crippen molar-refractivity contribution in [3.8, 4) is 5.75 Å². The fourth-order valence-corrected chi connectivity index (χ4v) is 2.62. The van der Waals surface area contributed by atoms with Crippen molar-refractivity contribution in [2.45, 2.75) is 18.9 Å². The van der Waals surface area contributed by atoms with E-state index in [1.165, 1.54) is 0 Å². The number of hydrogen-bond donors (Lipinski definition) is 1. The Morgan fingerprint density at radius 2 is 2.00 bits per heavy atom. The standard InChI is InChI=1S/C15H19N5O2/c1-22-14-4-2-12(3-5-14)17-15(21)19-9-6-13(7-10-19)20-11-8-16-18-20/h2-5,8,11,13H,6-7,9-10H2,1H3,(H,17,21). The summed E-state index contributed by atoms with van der Waals surface area (Å²) in [6.07, 6.45) is 5.33. The van der Waals surface area contributed by atoms with Crippen molar-refractivity contribution in [1.82, 2.24) is 19.9 Å². The summed E-state index contributed by atoms with van der Waals surface area (Å²) in [6, 6.07) is 7.58. The van der Waals surface area contributed by atoms with Crippen molar-refractivity contribution in [2.24, 2.45) is 0 Å². The molecule has 0 aliphatic carbocycles. The van der Waals surface area contributed by atoms with Gasteiger partial charge >= 0.3 is 6.03 Å². The van der Waals surface area contributed by atoms with Gasteiger partial charge in [0.05, 0.1) is 19.3 Å². The molecular formula is C15H19N5O2. The highest BCUT2D eigenvalue weighted by atomic mass is 16.5. The van der Waals surface area contributed by atoms with Crippen LogP contribution in [-0.2, 0) is 0 Å². The Bertz CT molecular complexity index is 603. The van der Waals surface area contributed by atoms with Gasteiger partial charge in [-0.05, 0) is 37.1 Å². The van der Waals surface area contributed by atoms with Crippen molar-refractivity contribution in [3.05, 3.63) is 36.7 Å². The van der Waals surface area contributed by atoms with Crippen LogP contribution in [0, 0.1) is 0 Å². The molecule has 3 rings (SSSR count). The Labute approximate surface area is 128 Å². The van der Waals surface area contributed by atoms with Crippen LogP contribution >= 0.6 is 0 Å². The number of urea groups is 1. The summed E-state index contributed by atoms with van der Waals surface area (Å²) < 4.78 is 6.97. The van der Waals surface area contributed by atoms with Crippen LogP contribution in [0.15, 0.2) is 36.7 Å². The number of aromatic nitrogens is 3. The minimum absolute atomic E-state index is 0.0674. The Hall–Kier alpha value is -2.57. The molecule has 1 saturated heterocycles. The van der Waals surface area contributed by atoms with Gasteiger partial charge in [-0.2, -0.15) is 0 Å². The molecule has 2 aromatic rings. The van der Waals surface area contributed by atoms with Crippen LogP contribution in [0.5, 0.6) is 5.75 Å². The number of nitrogens with one attached hydrogen (secondary N) is 1. The highest BCUT2D eigenvalue weighted by Gasteiger charge is 2.24. The number of rotatable bonds is 3. The third-order valence-corrected chi connectivity index (χ3v) is 3.91. The van der Waals surface area contributed by atoms with Crippen LogP contribution in [0.2, 0.25) is 0 Å². The highest BCUT2D eigenvalue weighted by molar-refractivity contribution is 5.89. The van der Waals surface area contributed by atoms with Crippen molar-refractivity contribution in [2.75, 3.05) is 25.5 Å². The molecule has 0 spiro atoms. The van der Waals surface area contributed by atoms with Crippen LogP contribution < -0.4 is 10.1 Å². The average Bonchev–Trinajstić information content (AvgIpc) is 3.10. The molecule has 0 saturated carbocycles. The molecule has 7 heteroatoms. The Balaban J connectivity index is 1.53. The maximum Gasteiger partial charge on any atom is 0.321 e. The van der Waals surface area contributed by atoms with E-state index >= 15 is 0 Å². The maximum absolute atomic E-state index is 12.3. The molecule has 1 fully saturated rings. The molecule has 0 atom stereocenters. The Morgan fingerprint density at radius 3 is 2.59 bits per heavy atom. The summed E-state index contributed by atoms with van der Waals surface area (Å²) in [5.74, 6) is 0.770. The lowest BCUT2D eigenvalue weighted by Crippen LogP contribution is -2.41. The zero-order chi connectivity index (χ0) is 15.4. The van der Waals surface area contributed by atoms with Gasteiger partial charge in [0.15, 0.2) is 0 Å². The highest BCUT2D eigenvalue weighted by Crippen LogP contribution is 2.22. The van der Waals surface area contributed by atoms with E-state index in [-0.39, 0.29) is 6.03 Å². The number of ether oxygens (including phenoxy) is 1. The third kappa shape index (κ3) is 3.19. The van der Waals surface area contributed by atoms with Gasteiger partial charge in [-0.1, -0.05) is 5.21 Å². The number of anilines is 1. The number of amides is 2. The molecule has 2 amide bonds. The lowest BCUT2D eigenvalue weighted by molar-refractivity contribution is 0.179. The second kappa shape index (κ2) is 6.46. The molecule has 0 unspecified atom stereocenters. The molecule has 1 aliphatic heterocycles. The Kier molecular flexibility index (Phi) is 4.22. The van der Waals surface area contributed by atoms with Gasteiger partial charge < -0.3 is 15.0 Å². The summed E-state index contributed by atoms with van der Waals surface area (Å²) in [6.45, 7) is 1.43. The molecule has 2 heterocycles. The van der Waals surface area contributed by atoms with Gasteiger partial charge in [0.1, 0.15) is 5.75 Å². The fraction of sp³-hybridized carbons (Fsp3) is 0.400. The summed E-state index contributed by atoms with van der Waals surface area (Å²) >= 11 is 0. The predicted molar refractivity (Wildman–Crippen MR) is 81.9 cm³/mol. The molecule has 1 aromatic carbocycles. The summed E-state index contributed by atoms with van der Waals surface area (Å²) in [5.41, 5.74) is 0.768. The molecule has 1 N–H and O–H groups in total. The number of carbonyl (C=O) groups excluding carboxylic acids is 1. The van der Waals surface area contributed by atoms with Gasteiger partial charge in [0.2, 0.25) is 0 Å². The lowest BCUT2D eigenvalue weighted by Gasteiger charge is -2.31. The number of piperidine rings is 1. The first-order chi connectivity index (χ1) is 10.8. The van der Waals surface area contributed by atoms with E-state index in [0.29, 0.717) is 19.1 Å². The molecular weight excluding hydrogens is 282 g/mol. The number of carbonyl (C=O) groups is 1. The van der Waals surface area contributed by atoms with Crippen molar-refractivity contribution in [1.29, 1.82) is 0 Å². The van der Waals surface area contributed by atoms with E-state index in [4.69, 9.17) is 4.74 Å². The molecule has 1 aliphatic rings. The molecule has 1 aromatic heterocycles. The minimum atomic E-state index is -0.0674. The minimum Gasteiger partial charge on any atom is -0.497 e. The normalized spacial score (nSPS) is 15.6. The van der Waals surface area contributed by atoms with Gasteiger partial charge in [0, 0.05) is 25.0 Å². The number of methoxy groups -OCH3 is 1. The first-order valence-electron chi connectivity index (χ1n) is 7.32. The van der Waals surface area contributed by atoms with E-state index in [1.54, 1.807) is 13.3 Å². The second-order valence-electron chi connectivity index (χ2n) is 5.26.